The number of aromatic hydroxyl groups is 1. The van der Waals surface area contributed by atoms with E-state index in [2.05, 4.69) is 36.1 Å². The molecule has 2 aromatic carbocycles. The van der Waals surface area contributed by atoms with E-state index in [-0.39, 0.29) is 11.8 Å². The van der Waals surface area contributed by atoms with Crippen LogP contribution in [0, 0.1) is 0 Å². The highest BCUT2D eigenvalue weighted by Crippen LogP contribution is 2.34. The number of rotatable bonds is 3. The van der Waals surface area contributed by atoms with Gasteiger partial charge in [-0.25, -0.2) is 0 Å². The second kappa shape index (κ2) is 5.17. The van der Waals surface area contributed by atoms with Crippen LogP contribution in [0.4, 0.5) is 0 Å². The first-order chi connectivity index (χ1) is 9.69. The number of nitrogens with zero attached hydrogens (tertiary/aromatic N) is 1. The normalized spacial score (nSPS) is 15.9. The number of phenols is 1. The van der Waals surface area contributed by atoms with Crippen molar-refractivity contribution in [2.24, 2.45) is 0 Å². The molecule has 20 heavy (non-hydrogen) atoms. The van der Waals surface area contributed by atoms with E-state index in [9.17, 15) is 5.11 Å². The van der Waals surface area contributed by atoms with E-state index in [1.807, 2.05) is 12.1 Å². The highest BCUT2D eigenvalue weighted by atomic mass is 16.5. The molecule has 1 heterocycles. The van der Waals surface area contributed by atoms with Crippen molar-refractivity contribution in [3.8, 4) is 11.5 Å². The fraction of sp³-hybridized carbons (Fsp3) is 0.294. The van der Waals surface area contributed by atoms with Crippen LogP contribution in [-0.2, 0) is 13.1 Å². The monoisotopic (exact) mass is 269 g/mol. The molecule has 0 bridgehead atoms. The predicted octanol–water partition coefficient (Wildman–Crippen LogP) is 3.48. The molecule has 0 radical (unpaired) electrons. The van der Waals surface area contributed by atoms with Gasteiger partial charge in [0.2, 0.25) is 0 Å². The van der Waals surface area contributed by atoms with E-state index in [1.54, 1.807) is 13.2 Å². The first kappa shape index (κ1) is 13.0. The molecule has 0 spiro atoms. The van der Waals surface area contributed by atoms with E-state index in [4.69, 9.17) is 4.74 Å². The zero-order valence-electron chi connectivity index (χ0n) is 11.8. The maximum atomic E-state index is 9.69. The van der Waals surface area contributed by atoms with E-state index in [0.29, 0.717) is 5.75 Å². The van der Waals surface area contributed by atoms with Gasteiger partial charge in [0.15, 0.2) is 11.5 Å². The van der Waals surface area contributed by atoms with Gasteiger partial charge in [0.05, 0.1) is 7.11 Å². The maximum Gasteiger partial charge on any atom is 0.160 e. The summed E-state index contributed by atoms with van der Waals surface area (Å²) in [4.78, 5) is 2.43. The topological polar surface area (TPSA) is 32.7 Å². The molecule has 3 heteroatoms. The number of phenolic OH excluding ortho intramolecular Hbond substituents is 1. The van der Waals surface area contributed by atoms with Crippen molar-refractivity contribution >= 4 is 0 Å². The number of fused-ring (bicyclic) bond motifs is 1. The molecule has 1 aliphatic heterocycles. The minimum Gasteiger partial charge on any atom is -0.504 e. The molecule has 1 unspecified atom stereocenters. The second-order valence-corrected chi connectivity index (χ2v) is 5.28. The number of methoxy groups -OCH3 is 1. The highest BCUT2D eigenvalue weighted by molar-refractivity contribution is 5.43. The van der Waals surface area contributed by atoms with Crippen LogP contribution in [-0.4, -0.2) is 17.1 Å². The summed E-state index contributed by atoms with van der Waals surface area (Å²) in [5.74, 6) is 0.721. The molecular formula is C17H19NO2. The molecule has 0 saturated heterocycles. The molecule has 0 aliphatic carbocycles. The summed E-state index contributed by atoms with van der Waals surface area (Å²) in [5.41, 5.74) is 3.97. The summed E-state index contributed by atoms with van der Waals surface area (Å²) in [5, 5.41) is 9.69. The molecule has 1 aliphatic rings. The molecular weight excluding hydrogens is 250 g/mol. The average Bonchev–Trinajstić information content (AvgIpc) is 2.91. The molecule has 2 aromatic rings. The van der Waals surface area contributed by atoms with Crippen LogP contribution >= 0.6 is 0 Å². The van der Waals surface area contributed by atoms with Crippen molar-refractivity contribution in [2.45, 2.75) is 26.1 Å². The molecule has 1 atom stereocenters. The Kier molecular flexibility index (Phi) is 3.36. The number of hydrogen-bond acceptors (Lipinski definition) is 3. The van der Waals surface area contributed by atoms with Crippen molar-refractivity contribution in [2.75, 3.05) is 7.11 Å². The highest BCUT2D eigenvalue weighted by Gasteiger charge is 2.24. The van der Waals surface area contributed by atoms with E-state index in [1.165, 1.54) is 11.1 Å². The third-order valence-electron chi connectivity index (χ3n) is 4.10. The maximum absolute atomic E-state index is 9.69. The second-order valence-electron chi connectivity index (χ2n) is 5.28. The lowest BCUT2D eigenvalue weighted by atomic mass is 10.1. The van der Waals surface area contributed by atoms with Crippen LogP contribution in [0.5, 0.6) is 11.5 Å². The molecule has 3 rings (SSSR count). The molecule has 0 fully saturated rings. The van der Waals surface area contributed by atoms with Gasteiger partial charge in [-0.05, 0) is 35.7 Å². The van der Waals surface area contributed by atoms with Gasteiger partial charge in [0.25, 0.3) is 0 Å². The van der Waals surface area contributed by atoms with Crippen molar-refractivity contribution < 1.29 is 9.84 Å². The van der Waals surface area contributed by atoms with Crippen LogP contribution in [0.25, 0.3) is 0 Å². The number of hydrogen-bond donors (Lipinski definition) is 1. The summed E-state index contributed by atoms with van der Waals surface area (Å²) in [6.07, 6.45) is 0. The van der Waals surface area contributed by atoms with Crippen LogP contribution in [0.1, 0.15) is 29.7 Å². The molecule has 1 N–H and O–H groups in total. The van der Waals surface area contributed by atoms with Gasteiger partial charge in [0.1, 0.15) is 0 Å². The van der Waals surface area contributed by atoms with Crippen molar-refractivity contribution in [1.29, 1.82) is 0 Å². The van der Waals surface area contributed by atoms with Crippen LogP contribution < -0.4 is 4.74 Å². The van der Waals surface area contributed by atoms with E-state index < -0.39 is 0 Å². The summed E-state index contributed by atoms with van der Waals surface area (Å²) in [6.45, 7) is 4.14. The van der Waals surface area contributed by atoms with E-state index >= 15 is 0 Å². The Morgan fingerprint density at radius 2 is 1.75 bits per heavy atom. The lowest BCUT2D eigenvalue weighted by molar-refractivity contribution is 0.214. The Morgan fingerprint density at radius 1 is 1.10 bits per heavy atom. The average molecular weight is 269 g/mol. The summed E-state index contributed by atoms with van der Waals surface area (Å²) < 4.78 is 5.19. The van der Waals surface area contributed by atoms with E-state index in [0.717, 1.165) is 18.7 Å². The fourth-order valence-corrected chi connectivity index (χ4v) is 2.80. The van der Waals surface area contributed by atoms with Gasteiger partial charge in [-0.2, -0.15) is 0 Å². The third-order valence-corrected chi connectivity index (χ3v) is 4.10. The fourth-order valence-electron chi connectivity index (χ4n) is 2.80. The summed E-state index contributed by atoms with van der Waals surface area (Å²) in [6, 6.07) is 14.4. The van der Waals surface area contributed by atoms with Gasteiger partial charge >= 0.3 is 0 Å². The van der Waals surface area contributed by atoms with Gasteiger partial charge in [-0.3, -0.25) is 4.90 Å². The molecule has 3 nitrogen and oxygen atoms in total. The van der Waals surface area contributed by atoms with Crippen molar-refractivity contribution in [3.63, 3.8) is 0 Å². The lowest BCUT2D eigenvalue weighted by Crippen LogP contribution is -2.20. The Balaban J connectivity index is 1.82. The smallest absolute Gasteiger partial charge is 0.160 e. The molecule has 0 saturated carbocycles. The zero-order chi connectivity index (χ0) is 14.1. The van der Waals surface area contributed by atoms with Crippen LogP contribution in [0.15, 0.2) is 42.5 Å². The summed E-state index contributed by atoms with van der Waals surface area (Å²) in [7, 11) is 1.58. The molecule has 104 valence electrons. The van der Waals surface area contributed by atoms with Gasteiger partial charge in [0, 0.05) is 19.1 Å². The predicted molar refractivity (Wildman–Crippen MR) is 78.8 cm³/mol. The first-order valence-corrected chi connectivity index (χ1v) is 6.87. The standard InChI is InChI=1S/C17H19NO2/c1-12(13-7-8-16(19)17(9-13)20-2)18-10-14-5-3-4-6-15(14)11-18/h3-9,12,19H,10-11H2,1-2H3. The van der Waals surface area contributed by atoms with Crippen molar-refractivity contribution in [3.05, 3.63) is 59.2 Å². The quantitative estimate of drug-likeness (QED) is 0.926. The Bertz CT molecular complexity index is 599. The minimum atomic E-state index is 0.188. The van der Waals surface area contributed by atoms with Gasteiger partial charge in [-0.15, -0.1) is 0 Å². The number of benzene rings is 2. The zero-order valence-corrected chi connectivity index (χ0v) is 11.8. The first-order valence-electron chi connectivity index (χ1n) is 6.87. The van der Waals surface area contributed by atoms with Crippen LogP contribution in [0.3, 0.4) is 0 Å². The van der Waals surface area contributed by atoms with Crippen LogP contribution in [0.2, 0.25) is 0 Å². The number of ether oxygens (including phenoxy) is 1. The molecule has 0 aromatic heterocycles. The summed E-state index contributed by atoms with van der Waals surface area (Å²) >= 11 is 0. The Labute approximate surface area is 119 Å². The molecule has 0 amide bonds. The van der Waals surface area contributed by atoms with Gasteiger partial charge in [-0.1, -0.05) is 30.3 Å². The van der Waals surface area contributed by atoms with Gasteiger partial charge < -0.3 is 9.84 Å². The van der Waals surface area contributed by atoms with Crippen molar-refractivity contribution in [1.82, 2.24) is 4.90 Å². The minimum absolute atomic E-state index is 0.188. The largest absolute Gasteiger partial charge is 0.504 e. The Morgan fingerprint density at radius 3 is 2.35 bits per heavy atom. The third kappa shape index (κ3) is 2.25. The SMILES string of the molecule is COc1cc(C(C)N2Cc3ccccc3C2)ccc1O. The Hall–Kier alpha value is -2.00. The lowest BCUT2D eigenvalue weighted by Gasteiger charge is -2.24.